The van der Waals surface area contributed by atoms with E-state index in [0.29, 0.717) is 4.90 Å². The molecule has 4 nitrogen and oxygen atoms in total. The third-order valence-corrected chi connectivity index (χ3v) is 4.99. The molecule has 0 amide bonds. The summed E-state index contributed by atoms with van der Waals surface area (Å²) in [5.74, 6) is -1.24. The summed E-state index contributed by atoms with van der Waals surface area (Å²) in [4.78, 5) is -1.10. The van der Waals surface area contributed by atoms with Gasteiger partial charge in [-0.1, -0.05) is 48.2 Å². The molecule has 2 aromatic rings. The molecule has 0 saturated heterocycles. The van der Waals surface area contributed by atoms with Gasteiger partial charge in [0.05, 0.1) is 6.07 Å². The summed E-state index contributed by atoms with van der Waals surface area (Å²) in [5, 5.41) is 41.4. The standard InChI is InChI=1S/C18H12N2O2S/c19-10-14-6-8-17(21)16(11-20)18(14,22)23-15-7-5-12-3-1-2-4-13(12)9-15/h1-9,14,21-22H. The Labute approximate surface area is 137 Å². The van der Waals surface area contributed by atoms with Crippen molar-refractivity contribution in [2.75, 3.05) is 0 Å². The van der Waals surface area contributed by atoms with Gasteiger partial charge in [0.1, 0.15) is 23.3 Å². The van der Waals surface area contributed by atoms with E-state index in [0.717, 1.165) is 22.5 Å². The van der Waals surface area contributed by atoms with Crippen molar-refractivity contribution < 1.29 is 10.2 Å². The molecule has 1 aliphatic rings. The molecule has 0 heterocycles. The largest absolute Gasteiger partial charge is 0.507 e. The molecule has 0 fully saturated rings. The van der Waals surface area contributed by atoms with Crippen LogP contribution in [0.5, 0.6) is 0 Å². The molecule has 2 N–H and O–H groups in total. The normalized spacial score (nSPS) is 23.5. The summed E-state index contributed by atoms with van der Waals surface area (Å²) in [7, 11) is 0. The van der Waals surface area contributed by atoms with Crippen molar-refractivity contribution >= 4 is 22.5 Å². The maximum absolute atomic E-state index is 10.9. The van der Waals surface area contributed by atoms with Crippen molar-refractivity contribution in [3.8, 4) is 12.1 Å². The number of aliphatic hydroxyl groups is 2. The second kappa shape index (κ2) is 5.81. The highest BCUT2D eigenvalue weighted by atomic mass is 32.2. The van der Waals surface area contributed by atoms with Crippen LogP contribution in [-0.2, 0) is 0 Å². The fraction of sp³-hybridized carbons (Fsp3) is 0.111. The summed E-state index contributed by atoms with van der Waals surface area (Å²) in [6, 6.07) is 17.2. The Kier molecular flexibility index (Phi) is 3.83. The van der Waals surface area contributed by atoms with Gasteiger partial charge in [0.25, 0.3) is 0 Å². The highest BCUT2D eigenvalue weighted by molar-refractivity contribution is 8.00. The molecule has 3 rings (SSSR count). The van der Waals surface area contributed by atoms with E-state index in [2.05, 4.69) is 0 Å². The maximum Gasteiger partial charge on any atom is 0.173 e. The topological polar surface area (TPSA) is 88.0 Å². The van der Waals surface area contributed by atoms with Crippen LogP contribution in [0.2, 0.25) is 0 Å². The Balaban J connectivity index is 2.06. The summed E-state index contributed by atoms with van der Waals surface area (Å²) in [6.45, 7) is 0. The SMILES string of the molecule is N#CC1=C(O)C=CC(C#N)C1(O)Sc1ccc2ccccc2c1. The predicted molar refractivity (Wildman–Crippen MR) is 88.3 cm³/mol. The van der Waals surface area contributed by atoms with Gasteiger partial charge in [-0.2, -0.15) is 10.5 Å². The van der Waals surface area contributed by atoms with Crippen LogP contribution in [0.15, 0.2) is 70.8 Å². The molecule has 1 aliphatic carbocycles. The highest BCUT2D eigenvalue weighted by Gasteiger charge is 2.45. The number of fused-ring (bicyclic) bond motifs is 1. The van der Waals surface area contributed by atoms with E-state index in [9.17, 15) is 20.7 Å². The monoisotopic (exact) mass is 320 g/mol. The maximum atomic E-state index is 10.9. The zero-order valence-electron chi connectivity index (χ0n) is 12.0. The van der Waals surface area contributed by atoms with Gasteiger partial charge in [-0.25, -0.2) is 0 Å². The molecule has 2 unspecified atom stereocenters. The minimum absolute atomic E-state index is 0.204. The van der Waals surface area contributed by atoms with Crippen molar-refractivity contribution in [2.24, 2.45) is 5.92 Å². The molecule has 0 aliphatic heterocycles. The van der Waals surface area contributed by atoms with Gasteiger partial charge in [0, 0.05) is 4.90 Å². The third kappa shape index (κ3) is 2.57. The first-order chi connectivity index (χ1) is 11.1. The third-order valence-electron chi connectivity index (χ3n) is 3.73. The van der Waals surface area contributed by atoms with Gasteiger partial charge in [-0.3, -0.25) is 0 Å². The van der Waals surface area contributed by atoms with Crippen molar-refractivity contribution in [1.82, 2.24) is 0 Å². The van der Waals surface area contributed by atoms with Gasteiger partial charge in [-0.15, -0.1) is 0 Å². The molecule has 2 aromatic carbocycles. The number of hydrogen-bond donors (Lipinski definition) is 2. The van der Waals surface area contributed by atoms with Crippen molar-refractivity contribution in [3.05, 3.63) is 65.9 Å². The van der Waals surface area contributed by atoms with Crippen LogP contribution < -0.4 is 0 Å². The van der Waals surface area contributed by atoms with Gasteiger partial charge < -0.3 is 10.2 Å². The lowest BCUT2D eigenvalue weighted by atomic mass is 9.91. The Morgan fingerprint density at radius 1 is 1.09 bits per heavy atom. The van der Waals surface area contributed by atoms with E-state index in [4.69, 9.17) is 0 Å². The van der Waals surface area contributed by atoms with E-state index in [1.807, 2.05) is 54.6 Å². The minimum atomic E-state index is -1.81. The van der Waals surface area contributed by atoms with E-state index < -0.39 is 10.9 Å². The van der Waals surface area contributed by atoms with Crippen molar-refractivity contribution in [3.63, 3.8) is 0 Å². The predicted octanol–water partition coefficient (Wildman–Crippen LogP) is 3.67. The van der Waals surface area contributed by atoms with Crippen LogP contribution >= 0.6 is 11.8 Å². The summed E-state index contributed by atoms with van der Waals surface area (Å²) in [5.41, 5.74) is -0.204. The molecule has 5 heteroatoms. The number of aliphatic hydroxyl groups excluding tert-OH is 1. The summed E-state index contributed by atoms with van der Waals surface area (Å²) in [6.07, 6.45) is 2.69. The molecular weight excluding hydrogens is 308 g/mol. The van der Waals surface area contributed by atoms with Crippen molar-refractivity contribution in [1.29, 1.82) is 10.5 Å². The molecular formula is C18H12N2O2S. The number of nitrogens with zero attached hydrogens (tertiary/aromatic N) is 2. The van der Waals surface area contributed by atoms with Crippen molar-refractivity contribution in [2.45, 2.75) is 9.83 Å². The zero-order valence-corrected chi connectivity index (χ0v) is 12.8. The number of nitriles is 2. The number of allylic oxidation sites excluding steroid dienone is 1. The van der Waals surface area contributed by atoms with Crippen LogP contribution in [0, 0.1) is 28.6 Å². The van der Waals surface area contributed by atoms with Gasteiger partial charge in [-0.05, 0) is 29.0 Å². The Morgan fingerprint density at radius 2 is 1.83 bits per heavy atom. The van der Waals surface area contributed by atoms with Gasteiger partial charge in [0.15, 0.2) is 4.93 Å². The molecule has 0 radical (unpaired) electrons. The van der Waals surface area contributed by atoms with Crippen LogP contribution in [-0.4, -0.2) is 15.1 Å². The number of benzene rings is 2. The highest BCUT2D eigenvalue weighted by Crippen LogP contribution is 2.45. The molecule has 0 saturated carbocycles. The second-order valence-corrected chi connectivity index (χ2v) is 6.44. The number of thioether (sulfide) groups is 1. The van der Waals surface area contributed by atoms with Gasteiger partial charge >= 0.3 is 0 Å². The molecule has 112 valence electrons. The smallest absolute Gasteiger partial charge is 0.173 e. The van der Waals surface area contributed by atoms with E-state index in [-0.39, 0.29) is 11.3 Å². The lowest BCUT2D eigenvalue weighted by Gasteiger charge is -2.32. The number of hydrogen-bond acceptors (Lipinski definition) is 5. The average molecular weight is 320 g/mol. The summed E-state index contributed by atoms with van der Waals surface area (Å²) >= 11 is 0.992. The second-order valence-electron chi connectivity index (χ2n) is 5.15. The Bertz CT molecular complexity index is 920. The minimum Gasteiger partial charge on any atom is -0.507 e. The van der Waals surface area contributed by atoms with E-state index in [1.54, 1.807) is 0 Å². The van der Waals surface area contributed by atoms with Crippen LogP contribution in [0.4, 0.5) is 0 Å². The fourth-order valence-electron chi connectivity index (χ4n) is 2.53. The first kappa shape index (κ1) is 15.2. The van der Waals surface area contributed by atoms with Crippen LogP contribution in [0.1, 0.15) is 0 Å². The summed E-state index contributed by atoms with van der Waals surface area (Å²) < 4.78 is 0. The number of rotatable bonds is 2. The first-order valence-corrected chi connectivity index (χ1v) is 7.72. The Hall–Kier alpha value is -2.73. The molecule has 0 aromatic heterocycles. The van der Waals surface area contributed by atoms with Gasteiger partial charge in [0.2, 0.25) is 0 Å². The Morgan fingerprint density at radius 3 is 2.52 bits per heavy atom. The molecule has 2 atom stereocenters. The van der Waals surface area contributed by atoms with E-state index in [1.165, 1.54) is 12.2 Å². The average Bonchev–Trinajstić information content (AvgIpc) is 2.55. The lowest BCUT2D eigenvalue weighted by molar-refractivity contribution is 0.147. The first-order valence-electron chi connectivity index (χ1n) is 6.90. The zero-order chi connectivity index (χ0) is 16.4. The molecule has 23 heavy (non-hydrogen) atoms. The van der Waals surface area contributed by atoms with Crippen LogP contribution in [0.3, 0.4) is 0 Å². The quantitative estimate of drug-likeness (QED) is 0.824. The fourth-order valence-corrected chi connectivity index (χ4v) is 3.72. The van der Waals surface area contributed by atoms with Crippen LogP contribution in [0.25, 0.3) is 10.8 Å². The molecule has 0 spiro atoms. The lowest BCUT2D eigenvalue weighted by Crippen LogP contribution is -2.37. The molecule has 0 bridgehead atoms. The van der Waals surface area contributed by atoms with E-state index >= 15 is 0 Å².